The van der Waals surface area contributed by atoms with Gasteiger partial charge in [-0.2, -0.15) is 8.42 Å². The summed E-state index contributed by atoms with van der Waals surface area (Å²) in [4.78, 5) is 13.9. The van der Waals surface area contributed by atoms with Crippen molar-refractivity contribution in [3.63, 3.8) is 0 Å². The van der Waals surface area contributed by atoms with Gasteiger partial charge in [-0.3, -0.25) is 4.79 Å². The SMILES string of the molecule is CCOC(=O)C1CCCN(C2=NS(=O)(=O)C(c3ccc(F)cc3)=C2C)C1. The Bertz CT molecular complexity index is 875. The second-order valence-electron chi connectivity index (χ2n) is 6.39. The monoisotopic (exact) mass is 380 g/mol. The number of carbonyl (C=O) groups is 1. The van der Waals surface area contributed by atoms with Crippen LogP contribution in [0.1, 0.15) is 32.3 Å². The molecule has 8 heteroatoms. The number of ether oxygens (including phenoxy) is 1. The summed E-state index contributed by atoms with van der Waals surface area (Å²) < 4.78 is 47.3. The molecule has 6 nitrogen and oxygen atoms in total. The van der Waals surface area contributed by atoms with E-state index >= 15 is 0 Å². The van der Waals surface area contributed by atoms with Crippen molar-refractivity contribution in [1.29, 1.82) is 0 Å². The molecule has 2 aliphatic rings. The number of esters is 1. The van der Waals surface area contributed by atoms with Crippen LogP contribution in [0.2, 0.25) is 0 Å². The third-order valence-corrected chi connectivity index (χ3v) is 6.06. The fourth-order valence-electron chi connectivity index (χ4n) is 3.41. The molecule has 1 fully saturated rings. The lowest BCUT2D eigenvalue weighted by atomic mass is 9.97. The van der Waals surface area contributed by atoms with Crippen molar-refractivity contribution >= 4 is 26.7 Å². The second-order valence-corrected chi connectivity index (χ2v) is 7.93. The number of nitrogens with zero attached hydrogens (tertiary/aromatic N) is 2. The van der Waals surface area contributed by atoms with E-state index in [0.717, 1.165) is 6.42 Å². The van der Waals surface area contributed by atoms with E-state index in [1.165, 1.54) is 24.3 Å². The van der Waals surface area contributed by atoms with E-state index in [-0.39, 0.29) is 16.8 Å². The zero-order valence-electron chi connectivity index (χ0n) is 14.7. The molecule has 1 aromatic carbocycles. The zero-order chi connectivity index (χ0) is 18.9. The minimum Gasteiger partial charge on any atom is -0.466 e. The van der Waals surface area contributed by atoms with Crippen LogP contribution in [-0.4, -0.2) is 44.8 Å². The molecule has 2 heterocycles. The number of benzene rings is 1. The predicted octanol–water partition coefficient (Wildman–Crippen LogP) is 2.57. The van der Waals surface area contributed by atoms with Crippen molar-refractivity contribution in [2.24, 2.45) is 10.3 Å². The Hall–Kier alpha value is -2.22. The molecule has 26 heavy (non-hydrogen) atoms. The maximum Gasteiger partial charge on any atom is 0.310 e. The van der Waals surface area contributed by atoms with E-state index < -0.39 is 15.8 Å². The van der Waals surface area contributed by atoms with Crippen LogP contribution in [0.4, 0.5) is 4.39 Å². The van der Waals surface area contributed by atoms with Crippen LogP contribution in [0.25, 0.3) is 4.91 Å². The smallest absolute Gasteiger partial charge is 0.310 e. The molecule has 0 aromatic heterocycles. The highest BCUT2D eigenvalue weighted by Gasteiger charge is 2.36. The van der Waals surface area contributed by atoms with Gasteiger partial charge in [-0.25, -0.2) is 4.39 Å². The molecule has 0 bridgehead atoms. The van der Waals surface area contributed by atoms with Crippen LogP contribution in [-0.2, 0) is 19.6 Å². The molecule has 2 aliphatic heterocycles. The van der Waals surface area contributed by atoms with Gasteiger partial charge in [0.25, 0.3) is 10.0 Å². The van der Waals surface area contributed by atoms with Crippen molar-refractivity contribution in [1.82, 2.24) is 4.90 Å². The summed E-state index contributed by atoms with van der Waals surface area (Å²) in [6.45, 7) is 4.77. The van der Waals surface area contributed by atoms with E-state index in [1.54, 1.807) is 13.8 Å². The van der Waals surface area contributed by atoms with Gasteiger partial charge in [0.1, 0.15) is 16.6 Å². The number of halogens is 1. The summed E-state index contributed by atoms with van der Waals surface area (Å²) in [6.07, 6.45) is 1.46. The number of likely N-dealkylation sites (tertiary alicyclic amines) is 1. The number of carbonyl (C=O) groups excluding carboxylic acids is 1. The Labute approximate surface area is 152 Å². The van der Waals surface area contributed by atoms with Crippen molar-refractivity contribution in [3.05, 3.63) is 41.2 Å². The van der Waals surface area contributed by atoms with Crippen LogP contribution >= 0.6 is 0 Å². The lowest BCUT2D eigenvalue weighted by Crippen LogP contribution is -2.42. The highest BCUT2D eigenvalue weighted by atomic mass is 32.2. The number of rotatable bonds is 3. The van der Waals surface area contributed by atoms with Crippen molar-refractivity contribution in [3.8, 4) is 0 Å². The summed E-state index contributed by atoms with van der Waals surface area (Å²) in [7, 11) is -3.86. The molecule has 1 unspecified atom stereocenters. The Kier molecular flexibility index (Phi) is 5.13. The largest absolute Gasteiger partial charge is 0.466 e. The topological polar surface area (TPSA) is 76.0 Å². The maximum atomic E-state index is 13.2. The van der Waals surface area contributed by atoms with Gasteiger partial charge in [-0.15, -0.1) is 4.40 Å². The van der Waals surface area contributed by atoms with Gasteiger partial charge in [0, 0.05) is 18.7 Å². The molecule has 3 rings (SSSR count). The predicted molar refractivity (Wildman–Crippen MR) is 96.3 cm³/mol. The molecule has 0 amide bonds. The Morgan fingerprint density at radius 3 is 2.69 bits per heavy atom. The molecule has 0 aliphatic carbocycles. The number of piperidine rings is 1. The normalized spacial score (nSPS) is 22.3. The highest BCUT2D eigenvalue weighted by Crippen LogP contribution is 2.34. The van der Waals surface area contributed by atoms with Gasteiger partial charge in [0.2, 0.25) is 0 Å². The summed E-state index contributed by atoms with van der Waals surface area (Å²) in [5, 5.41) is 0. The minimum absolute atomic E-state index is 0.0887. The summed E-state index contributed by atoms with van der Waals surface area (Å²) in [6, 6.07) is 5.31. The van der Waals surface area contributed by atoms with Crippen molar-refractivity contribution in [2.75, 3.05) is 19.7 Å². The van der Waals surface area contributed by atoms with E-state index in [0.29, 0.717) is 43.1 Å². The van der Waals surface area contributed by atoms with Crippen molar-refractivity contribution < 1.29 is 22.3 Å². The molecule has 0 N–H and O–H groups in total. The van der Waals surface area contributed by atoms with Gasteiger partial charge < -0.3 is 9.64 Å². The quantitative estimate of drug-likeness (QED) is 0.754. The average molecular weight is 380 g/mol. The molecular formula is C18H21FN2O4S. The average Bonchev–Trinajstić information content (AvgIpc) is 2.85. The summed E-state index contributed by atoms with van der Waals surface area (Å²) >= 11 is 0. The Morgan fingerprint density at radius 1 is 1.35 bits per heavy atom. The van der Waals surface area contributed by atoms with Crippen molar-refractivity contribution in [2.45, 2.75) is 26.7 Å². The number of sulfonamides is 1. The molecule has 1 saturated heterocycles. The lowest BCUT2D eigenvalue weighted by molar-refractivity contribution is -0.149. The fraction of sp³-hybridized carbons (Fsp3) is 0.444. The first-order valence-electron chi connectivity index (χ1n) is 8.57. The molecule has 140 valence electrons. The third-order valence-electron chi connectivity index (χ3n) is 4.59. The van der Waals surface area contributed by atoms with Gasteiger partial charge >= 0.3 is 5.97 Å². The first kappa shape index (κ1) is 18.6. The van der Waals surface area contributed by atoms with Gasteiger partial charge in [-0.05, 0) is 44.4 Å². The number of amidine groups is 1. The highest BCUT2D eigenvalue weighted by molar-refractivity contribution is 8.00. The molecule has 1 atom stereocenters. The van der Waals surface area contributed by atoms with Crippen LogP contribution in [0.5, 0.6) is 0 Å². The van der Waals surface area contributed by atoms with Crippen LogP contribution in [0.3, 0.4) is 0 Å². The van der Waals surface area contributed by atoms with E-state index in [4.69, 9.17) is 4.74 Å². The summed E-state index contributed by atoms with van der Waals surface area (Å²) in [5.74, 6) is -0.633. The molecular weight excluding hydrogens is 359 g/mol. The zero-order valence-corrected chi connectivity index (χ0v) is 15.6. The summed E-state index contributed by atoms with van der Waals surface area (Å²) in [5.41, 5.74) is 0.919. The van der Waals surface area contributed by atoms with Crippen LogP contribution in [0.15, 0.2) is 34.2 Å². The van der Waals surface area contributed by atoms with E-state index in [2.05, 4.69) is 4.40 Å². The van der Waals surface area contributed by atoms with Gasteiger partial charge in [-0.1, -0.05) is 12.1 Å². The van der Waals surface area contributed by atoms with Crippen LogP contribution < -0.4 is 0 Å². The van der Waals surface area contributed by atoms with E-state index in [1.807, 2.05) is 4.90 Å². The minimum atomic E-state index is -3.86. The van der Waals surface area contributed by atoms with Gasteiger partial charge in [0.05, 0.1) is 12.5 Å². The Balaban J connectivity index is 1.90. The molecule has 1 aromatic rings. The molecule has 0 saturated carbocycles. The molecule has 0 radical (unpaired) electrons. The number of hydrogen-bond donors (Lipinski definition) is 0. The van der Waals surface area contributed by atoms with Crippen LogP contribution in [0, 0.1) is 11.7 Å². The first-order chi connectivity index (χ1) is 12.3. The fourth-order valence-corrected chi connectivity index (χ4v) is 4.89. The molecule has 0 spiro atoms. The Morgan fingerprint density at radius 2 is 2.04 bits per heavy atom. The number of hydrogen-bond acceptors (Lipinski definition) is 5. The van der Waals surface area contributed by atoms with E-state index in [9.17, 15) is 17.6 Å². The lowest BCUT2D eigenvalue weighted by Gasteiger charge is -2.33. The standard InChI is InChI=1S/C18H21FN2O4S/c1-3-25-18(22)14-5-4-10-21(11-14)17-12(2)16(26(23,24)20-17)13-6-8-15(19)9-7-13/h6-9,14H,3-5,10-11H2,1-2H3. The second kappa shape index (κ2) is 7.19. The first-order valence-corrected chi connectivity index (χ1v) is 10.0. The third kappa shape index (κ3) is 3.51. The maximum absolute atomic E-state index is 13.2. The van der Waals surface area contributed by atoms with Gasteiger partial charge in [0.15, 0.2) is 0 Å².